The maximum absolute atomic E-state index is 12.9. The van der Waals surface area contributed by atoms with Crippen molar-refractivity contribution in [2.24, 2.45) is 5.92 Å². The van der Waals surface area contributed by atoms with E-state index in [-0.39, 0.29) is 5.91 Å². The molecule has 0 radical (unpaired) electrons. The molecule has 26 heavy (non-hydrogen) atoms. The lowest BCUT2D eigenvalue weighted by atomic mass is 9.99. The van der Waals surface area contributed by atoms with Gasteiger partial charge in [0.1, 0.15) is 4.83 Å². The molecule has 1 aliphatic rings. The van der Waals surface area contributed by atoms with E-state index in [1.165, 1.54) is 11.3 Å². The Labute approximate surface area is 162 Å². The van der Waals surface area contributed by atoms with Crippen molar-refractivity contribution >= 4 is 39.1 Å². The first-order chi connectivity index (χ1) is 12.5. The number of amides is 1. The Morgan fingerprint density at radius 1 is 1.31 bits per heavy atom. The predicted molar refractivity (Wildman–Crippen MR) is 107 cm³/mol. The molecule has 0 atom stereocenters. The Morgan fingerprint density at radius 3 is 2.77 bits per heavy atom. The average molecular weight is 388 g/mol. The molecule has 0 N–H and O–H groups in total. The molecule has 1 amide bonds. The molecule has 3 heterocycles. The zero-order valence-electron chi connectivity index (χ0n) is 15.0. The van der Waals surface area contributed by atoms with E-state index in [4.69, 9.17) is 11.6 Å². The number of piperidine rings is 1. The van der Waals surface area contributed by atoms with Crippen molar-refractivity contribution in [3.05, 3.63) is 51.5 Å². The molecule has 4 rings (SSSR count). The van der Waals surface area contributed by atoms with Gasteiger partial charge >= 0.3 is 0 Å². The lowest BCUT2D eigenvalue weighted by molar-refractivity contribution is 0.0702. The van der Waals surface area contributed by atoms with E-state index < -0.39 is 0 Å². The Kier molecular flexibility index (Phi) is 4.76. The van der Waals surface area contributed by atoms with Crippen LogP contribution in [0.5, 0.6) is 0 Å². The number of carbonyl (C=O) groups is 1. The smallest absolute Gasteiger partial charge is 0.264 e. The van der Waals surface area contributed by atoms with E-state index in [1.807, 2.05) is 46.8 Å². The van der Waals surface area contributed by atoms with Crippen molar-refractivity contribution in [3.8, 4) is 0 Å². The zero-order valence-corrected chi connectivity index (χ0v) is 16.6. The Hall–Kier alpha value is -1.85. The minimum atomic E-state index is 0.154. The number of hydrogen-bond acceptors (Lipinski definition) is 3. The summed E-state index contributed by atoms with van der Waals surface area (Å²) in [7, 11) is 0. The Bertz CT molecular complexity index is 953. The van der Waals surface area contributed by atoms with Gasteiger partial charge in [0.05, 0.1) is 17.1 Å². The van der Waals surface area contributed by atoms with Crippen molar-refractivity contribution < 1.29 is 4.79 Å². The standard InChI is InChI=1S/C20H22ClN3OS/c1-13-7-9-23(10-8-13)19(25)18-11-16-14(2)22-24(20(16)26-18)12-15-5-3-4-6-17(15)21/h3-6,11,13H,7-10,12H2,1-2H3. The van der Waals surface area contributed by atoms with Crippen LogP contribution in [-0.2, 0) is 6.54 Å². The summed E-state index contributed by atoms with van der Waals surface area (Å²) in [5, 5.41) is 6.46. The highest BCUT2D eigenvalue weighted by molar-refractivity contribution is 7.20. The minimum absolute atomic E-state index is 0.154. The van der Waals surface area contributed by atoms with Crippen molar-refractivity contribution in [1.82, 2.24) is 14.7 Å². The first kappa shape index (κ1) is 17.6. The second-order valence-electron chi connectivity index (χ2n) is 7.14. The van der Waals surface area contributed by atoms with Gasteiger partial charge in [0.15, 0.2) is 0 Å². The molecule has 0 aliphatic carbocycles. The van der Waals surface area contributed by atoms with E-state index in [0.29, 0.717) is 12.5 Å². The summed E-state index contributed by atoms with van der Waals surface area (Å²) in [5.41, 5.74) is 1.99. The van der Waals surface area contributed by atoms with Gasteiger partial charge in [-0.1, -0.05) is 36.7 Å². The van der Waals surface area contributed by atoms with Gasteiger partial charge in [-0.25, -0.2) is 0 Å². The fourth-order valence-electron chi connectivity index (χ4n) is 3.48. The Balaban J connectivity index is 1.63. The fraction of sp³-hybridized carbons (Fsp3) is 0.400. The molecule has 0 saturated carbocycles. The van der Waals surface area contributed by atoms with Gasteiger partial charge in [-0.3, -0.25) is 9.48 Å². The van der Waals surface area contributed by atoms with Crippen LogP contribution in [0.25, 0.3) is 10.2 Å². The molecule has 6 heteroatoms. The molecule has 0 bridgehead atoms. The number of hydrogen-bond donors (Lipinski definition) is 0. The number of carbonyl (C=O) groups excluding carboxylic acids is 1. The molecule has 0 unspecified atom stereocenters. The van der Waals surface area contributed by atoms with E-state index >= 15 is 0 Å². The third-order valence-corrected chi connectivity index (χ3v) is 6.67. The molecular formula is C20H22ClN3OS. The summed E-state index contributed by atoms with van der Waals surface area (Å²) in [5.74, 6) is 0.870. The predicted octanol–water partition coefficient (Wildman–Crippen LogP) is 4.98. The maximum atomic E-state index is 12.9. The van der Waals surface area contributed by atoms with Crippen molar-refractivity contribution in [2.75, 3.05) is 13.1 Å². The van der Waals surface area contributed by atoms with Gasteiger partial charge in [-0.2, -0.15) is 5.10 Å². The largest absolute Gasteiger partial charge is 0.338 e. The topological polar surface area (TPSA) is 38.1 Å². The van der Waals surface area contributed by atoms with Gasteiger partial charge in [0.25, 0.3) is 5.91 Å². The number of likely N-dealkylation sites (tertiary alicyclic amines) is 1. The monoisotopic (exact) mass is 387 g/mol. The molecule has 136 valence electrons. The van der Waals surface area contributed by atoms with E-state index in [0.717, 1.165) is 57.3 Å². The maximum Gasteiger partial charge on any atom is 0.264 e. The average Bonchev–Trinajstić information content (AvgIpc) is 3.19. The fourth-order valence-corrected chi connectivity index (χ4v) is 4.81. The van der Waals surface area contributed by atoms with Crippen LogP contribution in [0.3, 0.4) is 0 Å². The first-order valence-corrected chi connectivity index (χ1v) is 10.2. The molecule has 4 nitrogen and oxygen atoms in total. The number of aromatic nitrogens is 2. The minimum Gasteiger partial charge on any atom is -0.338 e. The number of thiophene rings is 1. The van der Waals surface area contributed by atoms with Crippen LogP contribution in [-0.4, -0.2) is 33.7 Å². The second-order valence-corrected chi connectivity index (χ2v) is 8.58. The number of halogens is 1. The molecule has 3 aromatic rings. The normalized spacial score (nSPS) is 15.7. The summed E-state index contributed by atoms with van der Waals surface area (Å²) in [6.45, 7) is 6.58. The SMILES string of the molecule is Cc1nn(Cc2ccccc2Cl)c2sc(C(=O)N3CCC(C)CC3)cc12. The lowest BCUT2D eigenvalue weighted by Crippen LogP contribution is -2.37. The second kappa shape index (κ2) is 7.05. The number of fused-ring (bicyclic) bond motifs is 1. The van der Waals surface area contributed by atoms with Crippen LogP contribution in [0.2, 0.25) is 5.02 Å². The van der Waals surface area contributed by atoms with Gasteiger partial charge < -0.3 is 4.90 Å². The van der Waals surface area contributed by atoms with Crippen molar-refractivity contribution in [3.63, 3.8) is 0 Å². The van der Waals surface area contributed by atoms with E-state index in [2.05, 4.69) is 12.0 Å². The summed E-state index contributed by atoms with van der Waals surface area (Å²) in [6.07, 6.45) is 2.19. The molecule has 2 aromatic heterocycles. The van der Waals surface area contributed by atoms with Gasteiger partial charge in [0.2, 0.25) is 0 Å². The van der Waals surface area contributed by atoms with Crippen LogP contribution >= 0.6 is 22.9 Å². The quantitative estimate of drug-likeness (QED) is 0.635. The van der Waals surface area contributed by atoms with Crippen LogP contribution in [0.15, 0.2) is 30.3 Å². The lowest BCUT2D eigenvalue weighted by Gasteiger charge is -2.29. The van der Waals surface area contributed by atoms with Crippen LogP contribution in [0, 0.1) is 12.8 Å². The van der Waals surface area contributed by atoms with Gasteiger partial charge in [-0.15, -0.1) is 11.3 Å². The molecule has 1 aliphatic heterocycles. The van der Waals surface area contributed by atoms with Crippen LogP contribution < -0.4 is 0 Å². The summed E-state index contributed by atoms with van der Waals surface area (Å²) in [6, 6.07) is 9.82. The molecule has 0 spiro atoms. The Morgan fingerprint density at radius 2 is 2.04 bits per heavy atom. The number of aryl methyl sites for hydroxylation is 1. The van der Waals surface area contributed by atoms with Gasteiger partial charge in [0, 0.05) is 23.5 Å². The van der Waals surface area contributed by atoms with Crippen LogP contribution in [0.1, 0.15) is 40.7 Å². The highest BCUT2D eigenvalue weighted by Crippen LogP contribution is 2.31. The van der Waals surface area contributed by atoms with Crippen molar-refractivity contribution in [1.29, 1.82) is 0 Å². The van der Waals surface area contributed by atoms with Crippen molar-refractivity contribution in [2.45, 2.75) is 33.2 Å². The summed E-state index contributed by atoms with van der Waals surface area (Å²) < 4.78 is 1.96. The van der Waals surface area contributed by atoms with E-state index in [1.54, 1.807) is 0 Å². The third-order valence-electron chi connectivity index (χ3n) is 5.17. The summed E-state index contributed by atoms with van der Waals surface area (Å²) in [4.78, 5) is 16.7. The highest BCUT2D eigenvalue weighted by atomic mass is 35.5. The molecule has 1 aromatic carbocycles. The molecule has 1 fully saturated rings. The number of benzene rings is 1. The highest BCUT2D eigenvalue weighted by Gasteiger charge is 2.24. The van der Waals surface area contributed by atoms with E-state index in [9.17, 15) is 4.79 Å². The van der Waals surface area contributed by atoms with Gasteiger partial charge in [-0.05, 0) is 43.4 Å². The summed E-state index contributed by atoms with van der Waals surface area (Å²) >= 11 is 7.84. The number of rotatable bonds is 3. The molecule has 1 saturated heterocycles. The third kappa shape index (κ3) is 3.26. The first-order valence-electron chi connectivity index (χ1n) is 9.02. The molecular weight excluding hydrogens is 366 g/mol. The number of nitrogens with zero attached hydrogens (tertiary/aromatic N) is 3. The van der Waals surface area contributed by atoms with Crippen LogP contribution in [0.4, 0.5) is 0 Å². The zero-order chi connectivity index (χ0) is 18.3.